The minimum absolute atomic E-state index is 0.00525. The number of H-pyrrole nitrogens is 2. The minimum atomic E-state index is -1.08. The maximum absolute atomic E-state index is 14.1. The second-order valence-corrected chi connectivity index (χ2v) is 5.53. The molecule has 0 bridgehead atoms. The molecule has 0 unspecified atom stereocenters. The van der Waals surface area contributed by atoms with Crippen molar-refractivity contribution in [3.05, 3.63) is 58.1 Å². The number of imidazole rings is 1. The van der Waals surface area contributed by atoms with E-state index in [0.717, 1.165) is 0 Å². The number of anilines is 1. The summed E-state index contributed by atoms with van der Waals surface area (Å²) in [6, 6.07) is 8.60. The van der Waals surface area contributed by atoms with Crippen LogP contribution >= 0.6 is 0 Å². The van der Waals surface area contributed by atoms with E-state index in [1.165, 1.54) is 30.3 Å². The molecule has 2 heterocycles. The smallest absolute Gasteiger partial charge is 0.335 e. The van der Waals surface area contributed by atoms with Gasteiger partial charge in [0.15, 0.2) is 0 Å². The van der Waals surface area contributed by atoms with Crippen molar-refractivity contribution in [1.29, 1.82) is 0 Å². The molecule has 2 aromatic carbocycles. The highest BCUT2D eigenvalue weighted by molar-refractivity contribution is 5.98. The number of nitrogens with zero attached hydrogens (tertiary/aromatic N) is 1. The number of nitrogens with one attached hydrogen (secondary N) is 2. The third-order valence-corrected chi connectivity index (χ3v) is 3.99. The summed E-state index contributed by atoms with van der Waals surface area (Å²) < 4.78 is 14.1. The Balaban J connectivity index is 2.01. The summed E-state index contributed by atoms with van der Waals surface area (Å²) >= 11 is 0. The second kappa shape index (κ2) is 5.17. The van der Waals surface area contributed by atoms with Crippen molar-refractivity contribution in [2.45, 2.75) is 0 Å². The molecule has 124 valence electrons. The van der Waals surface area contributed by atoms with Crippen LogP contribution in [0.15, 0.2) is 41.2 Å². The number of pyridine rings is 1. The van der Waals surface area contributed by atoms with Gasteiger partial charge < -0.3 is 20.8 Å². The fourth-order valence-corrected chi connectivity index (χ4v) is 2.83. The number of aromatic nitrogens is 3. The van der Waals surface area contributed by atoms with E-state index in [4.69, 9.17) is 10.8 Å². The first kappa shape index (κ1) is 14.9. The highest BCUT2D eigenvalue weighted by atomic mass is 19.1. The molecule has 2 aromatic heterocycles. The van der Waals surface area contributed by atoms with E-state index in [2.05, 4.69) is 15.0 Å². The van der Waals surface area contributed by atoms with Crippen molar-refractivity contribution in [1.82, 2.24) is 15.0 Å². The molecule has 5 N–H and O–H groups in total. The largest absolute Gasteiger partial charge is 0.478 e. The zero-order valence-corrected chi connectivity index (χ0v) is 12.6. The number of benzene rings is 2. The molecule has 0 radical (unpaired) electrons. The number of aromatic carboxylic acids is 1. The Morgan fingerprint density at radius 1 is 1.16 bits per heavy atom. The lowest BCUT2D eigenvalue weighted by atomic mass is 10.1. The summed E-state index contributed by atoms with van der Waals surface area (Å²) in [5, 5.41) is 9.16. The predicted octanol–water partition coefficient (Wildman–Crippen LogP) is 2.49. The van der Waals surface area contributed by atoms with Gasteiger partial charge in [-0.3, -0.25) is 4.79 Å². The van der Waals surface area contributed by atoms with Gasteiger partial charge in [0.2, 0.25) is 0 Å². The van der Waals surface area contributed by atoms with Crippen LogP contribution < -0.4 is 11.3 Å². The van der Waals surface area contributed by atoms with Crippen LogP contribution in [-0.2, 0) is 0 Å². The number of hydrogen-bond acceptors (Lipinski definition) is 4. The van der Waals surface area contributed by atoms with Gasteiger partial charge >= 0.3 is 5.97 Å². The molecule has 25 heavy (non-hydrogen) atoms. The monoisotopic (exact) mass is 338 g/mol. The quantitative estimate of drug-likeness (QED) is 0.447. The van der Waals surface area contributed by atoms with Gasteiger partial charge in [0, 0.05) is 0 Å². The Kier molecular flexibility index (Phi) is 3.08. The standard InChI is InChI=1S/C17H11FN4O3/c18-8-2-1-3-10-12(8)14(19)13(16(23)22-10)15-20-9-5-4-7(17(24)25)6-11(9)21-15/h1-6H,(H,20,21)(H,24,25)(H3,19,22,23). The summed E-state index contributed by atoms with van der Waals surface area (Å²) in [5.74, 6) is -1.50. The van der Waals surface area contributed by atoms with Crippen LogP contribution in [0.1, 0.15) is 10.4 Å². The average molecular weight is 338 g/mol. The Labute approximate surface area is 138 Å². The molecule has 4 aromatic rings. The van der Waals surface area contributed by atoms with E-state index in [-0.39, 0.29) is 33.5 Å². The molecule has 0 saturated carbocycles. The molecule has 0 aliphatic heterocycles. The predicted molar refractivity (Wildman–Crippen MR) is 91.0 cm³/mol. The number of nitrogen functional groups attached to an aromatic ring is 1. The number of fused-ring (bicyclic) bond motifs is 2. The fourth-order valence-electron chi connectivity index (χ4n) is 2.83. The lowest BCUT2D eigenvalue weighted by Crippen LogP contribution is -2.13. The van der Waals surface area contributed by atoms with Crippen LogP contribution in [-0.4, -0.2) is 26.0 Å². The zero-order valence-electron chi connectivity index (χ0n) is 12.6. The maximum Gasteiger partial charge on any atom is 0.335 e. The number of carboxylic acids is 1. The number of carboxylic acid groups (broad SMARTS) is 1. The summed E-state index contributed by atoms with van der Waals surface area (Å²) in [4.78, 5) is 33.2. The maximum atomic E-state index is 14.1. The van der Waals surface area contributed by atoms with E-state index in [9.17, 15) is 14.0 Å². The van der Waals surface area contributed by atoms with Gasteiger partial charge in [-0.1, -0.05) is 6.07 Å². The molecular formula is C17H11FN4O3. The Morgan fingerprint density at radius 3 is 2.72 bits per heavy atom. The van der Waals surface area contributed by atoms with Crippen molar-refractivity contribution in [2.24, 2.45) is 0 Å². The number of aromatic amines is 2. The Morgan fingerprint density at radius 2 is 1.96 bits per heavy atom. The topological polar surface area (TPSA) is 125 Å². The molecule has 0 amide bonds. The van der Waals surface area contributed by atoms with Crippen molar-refractivity contribution in [3.8, 4) is 11.4 Å². The SMILES string of the molecule is Nc1c(-c2nc3ccc(C(=O)O)cc3[nH]2)c(=O)[nH]c2cccc(F)c12. The lowest BCUT2D eigenvalue weighted by molar-refractivity contribution is 0.0697. The van der Waals surface area contributed by atoms with E-state index in [1.807, 2.05) is 0 Å². The van der Waals surface area contributed by atoms with Crippen LogP contribution in [0.4, 0.5) is 10.1 Å². The molecule has 0 atom stereocenters. The number of rotatable bonds is 2. The second-order valence-electron chi connectivity index (χ2n) is 5.53. The summed E-state index contributed by atoms with van der Waals surface area (Å²) in [6.45, 7) is 0. The van der Waals surface area contributed by atoms with E-state index in [1.54, 1.807) is 6.07 Å². The molecule has 0 spiro atoms. The van der Waals surface area contributed by atoms with Gasteiger partial charge in [-0.25, -0.2) is 14.2 Å². The van der Waals surface area contributed by atoms with Crippen LogP contribution in [0.3, 0.4) is 0 Å². The van der Waals surface area contributed by atoms with E-state index >= 15 is 0 Å². The highest BCUT2D eigenvalue weighted by Gasteiger charge is 2.18. The van der Waals surface area contributed by atoms with E-state index < -0.39 is 17.3 Å². The molecule has 4 rings (SSSR count). The first-order valence-electron chi connectivity index (χ1n) is 7.29. The van der Waals surface area contributed by atoms with Crippen molar-refractivity contribution < 1.29 is 14.3 Å². The van der Waals surface area contributed by atoms with Crippen molar-refractivity contribution in [3.63, 3.8) is 0 Å². The third-order valence-electron chi connectivity index (χ3n) is 3.99. The van der Waals surface area contributed by atoms with Crippen molar-refractivity contribution >= 4 is 33.6 Å². The zero-order chi connectivity index (χ0) is 17.7. The van der Waals surface area contributed by atoms with Crippen LogP contribution in [0.2, 0.25) is 0 Å². The third kappa shape index (κ3) is 2.23. The molecule has 7 nitrogen and oxygen atoms in total. The van der Waals surface area contributed by atoms with Crippen LogP contribution in [0, 0.1) is 5.82 Å². The van der Waals surface area contributed by atoms with Gasteiger partial charge in [-0.2, -0.15) is 0 Å². The summed E-state index contributed by atoms with van der Waals surface area (Å²) in [7, 11) is 0. The molecule has 0 saturated heterocycles. The molecule has 8 heteroatoms. The fraction of sp³-hybridized carbons (Fsp3) is 0. The summed E-state index contributed by atoms with van der Waals surface area (Å²) in [5.41, 5.74) is 6.75. The van der Waals surface area contributed by atoms with Gasteiger partial charge in [-0.15, -0.1) is 0 Å². The first-order valence-corrected chi connectivity index (χ1v) is 7.29. The van der Waals surface area contributed by atoms with Crippen LogP contribution in [0.25, 0.3) is 33.3 Å². The minimum Gasteiger partial charge on any atom is -0.478 e. The van der Waals surface area contributed by atoms with Crippen LogP contribution in [0.5, 0.6) is 0 Å². The number of nitrogens with two attached hydrogens (primary N) is 1. The van der Waals surface area contributed by atoms with Gasteiger partial charge in [0.1, 0.15) is 17.2 Å². The molecular weight excluding hydrogens is 327 g/mol. The van der Waals surface area contributed by atoms with Gasteiger partial charge in [0.25, 0.3) is 5.56 Å². The molecule has 0 aliphatic carbocycles. The normalized spacial score (nSPS) is 11.2. The molecule has 0 fully saturated rings. The Bertz CT molecular complexity index is 1230. The van der Waals surface area contributed by atoms with Gasteiger partial charge in [-0.05, 0) is 30.3 Å². The average Bonchev–Trinajstić information content (AvgIpc) is 2.96. The lowest BCUT2D eigenvalue weighted by Gasteiger charge is -2.07. The summed E-state index contributed by atoms with van der Waals surface area (Å²) in [6.07, 6.45) is 0. The number of carbonyl (C=O) groups is 1. The van der Waals surface area contributed by atoms with E-state index in [0.29, 0.717) is 11.0 Å². The van der Waals surface area contributed by atoms with Gasteiger partial charge in [0.05, 0.1) is 33.2 Å². The number of halogens is 1. The van der Waals surface area contributed by atoms with Crippen molar-refractivity contribution in [2.75, 3.05) is 5.73 Å². The first-order chi connectivity index (χ1) is 12.0. The number of hydrogen-bond donors (Lipinski definition) is 4. The highest BCUT2D eigenvalue weighted by Crippen LogP contribution is 2.29. The Hall–Kier alpha value is -3.68. The molecule has 0 aliphatic rings.